The molecule has 1 atom stereocenters. The van der Waals surface area contributed by atoms with Gasteiger partial charge in [0.05, 0.1) is 13.1 Å². The van der Waals surface area contributed by atoms with Gasteiger partial charge >= 0.3 is 0 Å². The zero-order valence-electron chi connectivity index (χ0n) is 12.2. The van der Waals surface area contributed by atoms with Gasteiger partial charge in [-0.05, 0) is 43.8 Å². The van der Waals surface area contributed by atoms with E-state index in [1.54, 1.807) is 0 Å². The van der Waals surface area contributed by atoms with Gasteiger partial charge in [-0.3, -0.25) is 4.90 Å². The molecule has 0 bridgehead atoms. The third-order valence-corrected chi connectivity index (χ3v) is 4.14. The molecule has 21 heavy (non-hydrogen) atoms. The summed E-state index contributed by atoms with van der Waals surface area (Å²) in [5.74, 6) is 1.93. The van der Waals surface area contributed by atoms with Crippen molar-refractivity contribution in [3.05, 3.63) is 47.6 Å². The molecule has 3 rings (SSSR count). The Morgan fingerprint density at radius 2 is 2.05 bits per heavy atom. The molecule has 0 amide bonds. The van der Waals surface area contributed by atoms with Gasteiger partial charge in [0.2, 0.25) is 5.89 Å². The SMILES string of the molecule is NCc1nc(CN2CCCC(c3ccccc3)CC2)no1. The zero-order valence-corrected chi connectivity index (χ0v) is 12.2. The van der Waals surface area contributed by atoms with Crippen LogP contribution in [0, 0.1) is 0 Å². The van der Waals surface area contributed by atoms with Crippen molar-refractivity contribution >= 4 is 0 Å². The van der Waals surface area contributed by atoms with E-state index in [-0.39, 0.29) is 0 Å². The number of hydrogen-bond acceptors (Lipinski definition) is 5. The second-order valence-electron chi connectivity index (χ2n) is 5.62. The highest BCUT2D eigenvalue weighted by Gasteiger charge is 2.19. The lowest BCUT2D eigenvalue weighted by Gasteiger charge is -2.18. The number of nitrogens with two attached hydrogens (primary N) is 1. The molecule has 2 heterocycles. The highest BCUT2D eigenvalue weighted by molar-refractivity contribution is 5.19. The molecular weight excluding hydrogens is 264 g/mol. The molecule has 1 aliphatic rings. The van der Waals surface area contributed by atoms with Crippen LogP contribution in [0.4, 0.5) is 0 Å². The Bertz CT molecular complexity index is 554. The molecule has 2 N–H and O–H groups in total. The molecule has 1 aliphatic heterocycles. The minimum absolute atomic E-state index is 0.309. The van der Waals surface area contributed by atoms with Gasteiger partial charge in [-0.15, -0.1) is 0 Å². The predicted octanol–water partition coefficient (Wildman–Crippen LogP) is 2.30. The molecule has 5 heteroatoms. The Balaban J connectivity index is 1.58. The third-order valence-electron chi connectivity index (χ3n) is 4.14. The summed E-state index contributed by atoms with van der Waals surface area (Å²) in [6.07, 6.45) is 3.65. The second kappa shape index (κ2) is 6.83. The van der Waals surface area contributed by atoms with Crippen LogP contribution in [0.3, 0.4) is 0 Å². The number of benzene rings is 1. The van der Waals surface area contributed by atoms with Crippen LogP contribution in [0.5, 0.6) is 0 Å². The first-order valence-corrected chi connectivity index (χ1v) is 7.64. The van der Waals surface area contributed by atoms with Gasteiger partial charge in [0, 0.05) is 0 Å². The van der Waals surface area contributed by atoms with Crippen LogP contribution >= 0.6 is 0 Å². The van der Waals surface area contributed by atoms with E-state index < -0.39 is 0 Å². The Morgan fingerprint density at radius 1 is 1.19 bits per heavy atom. The lowest BCUT2D eigenvalue weighted by atomic mass is 9.92. The fourth-order valence-electron chi connectivity index (χ4n) is 3.01. The molecule has 0 radical (unpaired) electrons. The van der Waals surface area contributed by atoms with Crippen LogP contribution in [-0.2, 0) is 13.1 Å². The summed E-state index contributed by atoms with van der Waals surface area (Å²) in [5, 5.41) is 3.98. The van der Waals surface area contributed by atoms with Crippen molar-refractivity contribution in [3.63, 3.8) is 0 Å². The molecule has 1 unspecified atom stereocenters. The first-order chi connectivity index (χ1) is 10.3. The van der Waals surface area contributed by atoms with Crippen molar-refractivity contribution in [2.75, 3.05) is 13.1 Å². The zero-order chi connectivity index (χ0) is 14.5. The topological polar surface area (TPSA) is 68.2 Å². The Hall–Kier alpha value is -1.72. The van der Waals surface area contributed by atoms with Crippen LogP contribution in [-0.4, -0.2) is 28.1 Å². The Kier molecular flexibility index (Phi) is 4.62. The number of nitrogens with zero attached hydrogens (tertiary/aromatic N) is 3. The van der Waals surface area contributed by atoms with Gasteiger partial charge in [0.25, 0.3) is 0 Å². The first kappa shape index (κ1) is 14.2. The van der Waals surface area contributed by atoms with Gasteiger partial charge in [0.1, 0.15) is 0 Å². The van der Waals surface area contributed by atoms with Crippen LogP contribution < -0.4 is 5.73 Å². The van der Waals surface area contributed by atoms with Gasteiger partial charge in [-0.1, -0.05) is 35.5 Å². The van der Waals surface area contributed by atoms with E-state index in [1.165, 1.54) is 24.8 Å². The fourth-order valence-corrected chi connectivity index (χ4v) is 3.01. The van der Waals surface area contributed by atoms with Crippen molar-refractivity contribution in [1.29, 1.82) is 0 Å². The minimum atomic E-state index is 0.309. The van der Waals surface area contributed by atoms with Gasteiger partial charge < -0.3 is 10.3 Å². The summed E-state index contributed by atoms with van der Waals surface area (Å²) in [6, 6.07) is 10.8. The standard InChI is InChI=1S/C16H22N4O/c17-11-16-18-15(19-21-16)12-20-9-4-7-14(8-10-20)13-5-2-1-3-6-13/h1-3,5-6,14H,4,7-12,17H2. The molecule has 5 nitrogen and oxygen atoms in total. The van der Waals surface area contributed by atoms with Crippen molar-refractivity contribution in [3.8, 4) is 0 Å². The highest BCUT2D eigenvalue weighted by Crippen LogP contribution is 2.28. The maximum absolute atomic E-state index is 5.49. The minimum Gasteiger partial charge on any atom is -0.338 e. The maximum Gasteiger partial charge on any atom is 0.240 e. The molecule has 1 aromatic carbocycles. The molecule has 0 saturated carbocycles. The second-order valence-corrected chi connectivity index (χ2v) is 5.62. The van der Waals surface area contributed by atoms with Gasteiger partial charge in [-0.2, -0.15) is 4.98 Å². The molecule has 1 aromatic heterocycles. The molecule has 1 fully saturated rings. The predicted molar refractivity (Wildman–Crippen MR) is 80.5 cm³/mol. The van der Waals surface area contributed by atoms with E-state index >= 15 is 0 Å². The van der Waals surface area contributed by atoms with E-state index in [0.29, 0.717) is 18.4 Å². The van der Waals surface area contributed by atoms with Crippen LogP contribution in [0.15, 0.2) is 34.9 Å². The summed E-state index contributed by atoms with van der Waals surface area (Å²) in [5.41, 5.74) is 6.96. The smallest absolute Gasteiger partial charge is 0.240 e. The van der Waals surface area contributed by atoms with Crippen molar-refractivity contribution in [2.45, 2.75) is 38.3 Å². The van der Waals surface area contributed by atoms with E-state index in [9.17, 15) is 0 Å². The van der Waals surface area contributed by atoms with Crippen LogP contribution in [0.2, 0.25) is 0 Å². The summed E-state index contributed by atoms with van der Waals surface area (Å²) >= 11 is 0. The first-order valence-electron chi connectivity index (χ1n) is 7.64. The summed E-state index contributed by atoms with van der Waals surface area (Å²) in [6.45, 7) is 3.23. The average molecular weight is 286 g/mol. The van der Waals surface area contributed by atoms with Crippen molar-refractivity contribution < 1.29 is 4.52 Å². The largest absolute Gasteiger partial charge is 0.338 e. The maximum atomic E-state index is 5.49. The lowest BCUT2D eigenvalue weighted by molar-refractivity contribution is 0.263. The van der Waals surface area contributed by atoms with E-state index in [2.05, 4.69) is 45.4 Å². The normalized spacial score (nSPS) is 20.3. The number of likely N-dealkylation sites (tertiary alicyclic amines) is 1. The Morgan fingerprint density at radius 3 is 2.81 bits per heavy atom. The number of aromatic nitrogens is 2. The number of hydrogen-bond donors (Lipinski definition) is 1. The molecular formula is C16H22N4O. The molecule has 2 aromatic rings. The lowest BCUT2D eigenvalue weighted by Crippen LogP contribution is -2.24. The van der Waals surface area contributed by atoms with Crippen molar-refractivity contribution in [1.82, 2.24) is 15.0 Å². The number of rotatable bonds is 4. The van der Waals surface area contributed by atoms with E-state index in [4.69, 9.17) is 10.3 Å². The van der Waals surface area contributed by atoms with E-state index in [0.717, 1.165) is 25.5 Å². The monoisotopic (exact) mass is 286 g/mol. The van der Waals surface area contributed by atoms with E-state index in [1.807, 2.05) is 0 Å². The average Bonchev–Trinajstić information content (AvgIpc) is 2.85. The van der Waals surface area contributed by atoms with Crippen LogP contribution in [0.25, 0.3) is 0 Å². The summed E-state index contributed by atoms with van der Waals surface area (Å²) in [4.78, 5) is 6.70. The van der Waals surface area contributed by atoms with Gasteiger partial charge in [-0.25, -0.2) is 0 Å². The summed E-state index contributed by atoms with van der Waals surface area (Å²) < 4.78 is 5.06. The third kappa shape index (κ3) is 3.68. The molecule has 1 saturated heterocycles. The molecule has 0 spiro atoms. The van der Waals surface area contributed by atoms with Gasteiger partial charge in [0.15, 0.2) is 5.82 Å². The van der Waals surface area contributed by atoms with Crippen LogP contribution in [0.1, 0.15) is 42.5 Å². The highest BCUT2D eigenvalue weighted by atomic mass is 16.5. The summed E-state index contributed by atoms with van der Waals surface area (Å²) in [7, 11) is 0. The molecule has 112 valence electrons. The van der Waals surface area contributed by atoms with Crippen molar-refractivity contribution in [2.24, 2.45) is 5.73 Å². The fraction of sp³-hybridized carbons (Fsp3) is 0.500. The Labute approximate surface area is 125 Å². The quantitative estimate of drug-likeness (QED) is 0.934. The molecule has 0 aliphatic carbocycles.